The van der Waals surface area contributed by atoms with Crippen molar-refractivity contribution in [3.05, 3.63) is 89.5 Å². The van der Waals surface area contributed by atoms with E-state index in [2.05, 4.69) is 11.4 Å². The molecule has 5 N–H and O–H groups in total. The quantitative estimate of drug-likeness (QED) is 0.197. The molecule has 1 atom stereocenters. The number of nitrogens with one attached hydrogen (secondary N) is 2. The van der Waals surface area contributed by atoms with E-state index in [9.17, 15) is 40.1 Å². The molecule has 0 saturated carbocycles. The lowest BCUT2D eigenvalue weighted by atomic mass is 10.00. The zero-order valence-corrected chi connectivity index (χ0v) is 24.7. The van der Waals surface area contributed by atoms with Crippen LogP contribution in [0.5, 0.6) is 0 Å². The van der Waals surface area contributed by atoms with Gasteiger partial charge in [0.2, 0.25) is 26.0 Å². The molecule has 0 fully saturated rings. The van der Waals surface area contributed by atoms with E-state index < -0.39 is 44.1 Å². The van der Waals surface area contributed by atoms with Crippen LogP contribution in [0.2, 0.25) is 0 Å². The first-order valence-electron chi connectivity index (χ1n) is 12.1. The highest BCUT2D eigenvalue weighted by molar-refractivity contribution is 8.03. The molecule has 44 heavy (non-hydrogen) atoms. The number of amides is 1. The summed E-state index contributed by atoms with van der Waals surface area (Å²) in [5.41, 5.74) is 8.48. The SMILES string of the molecule is CS(=O)(=O)N([C@@H](Cc1cccc(C(=N)N)c1)C(=O)Nc1ccc(-c2ccccc2C#N)cc1)S(C)(=O)=O.O=C(O)C(F)(F)F. The van der Waals surface area contributed by atoms with Gasteiger partial charge in [0, 0.05) is 11.3 Å². The Morgan fingerprint density at radius 1 is 1.00 bits per heavy atom. The molecule has 0 aliphatic heterocycles. The molecule has 0 aliphatic rings. The fraction of sp³-hybridized carbons (Fsp3) is 0.185. The van der Waals surface area contributed by atoms with Gasteiger partial charge in [-0.3, -0.25) is 10.2 Å². The number of nitrogen functional groups attached to an aromatic ring is 1. The number of rotatable bonds is 9. The average Bonchev–Trinajstić information content (AvgIpc) is 2.91. The summed E-state index contributed by atoms with van der Waals surface area (Å²) in [7, 11) is -8.74. The Hall–Kier alpha value is -4.79. The van der Waals surface area contributed by atoms with Gasteiger partial charge in [-0.15, -0.1) is 0 Å². The van der Waals surface area contributed by atoms with Gasteiger partial charge in [0.15, 0.2) is 0 Å². The minimum absolute atomic E-state index is 0.188. The monoisotopic (exact) mass is 653 g/mol. The van der Waals surface area contributed by atoms with Crippen molar-refractivity contribution in [3.63, 3.8) is 0 Å². The Bertz CT molecular complexity index is 1770. The largest absolute Gasteiger partial charge is 0.490 e. The third-order valence-corrected chi connectivity index (χ3v) is 9.07. The highest BCUT2D eigenvalue weighted by Crippen LogP contribution is 2.25. The third kappa shape index (κ3) is 9.90. The zero-order chi connectivity index (χ0) is 33.5. The number of amidine groups is 1. The number of sulfonamides is 2. The molecule has 0 aliphatic carbocycles. The number of carbonyl (C=O) groups excluding carboxylic acids is 1. The molecule has 0 aromatic heterocycles. The lowest BCUT2D eigenvalue weighted by Crippen LogP contribution is -2.50. The number of carbonyl (C=O) groups is 2. The standard InChI is InChI=1S/C25H25N5O5S2.C2HF3O2/c1-36(32,33)30(37(2,34)35)23(15-17-6-5-8-19(14-17)24(27)28)25(31)29-21-12-10-18(11-13-21)22-9-4-3-7-20(22)16-26;3-2(4,5)1(6)7/h3-14,23H,15H2,1-2H3,(H3,27,28)(H,29,31);(H,6,7)/t23-;/m0./s1. The van der Waals surface area contributed by atoms with Gasteiger partial charge >= 0.3 is 12.1 Å². The Morgan fingerprint density at radius 3 is 2.02 bits per heavy atom. The van der Waals surface area contributed by atoms with Crippen molar-refractivity contribution in [2.45, 2.75) is 18.6 Å². The predicted molar refractivity (Wildman–Crippen MR) is 155 cm³/mol. The van der Waals surface area contributed by atoms with Crippen LogP contribution in [0.15, 0.2) is 72.8 Å². The van der Waals surface area contributed by atoms with E-state index >= 15 is 0 Å². The second-order valence-electron chi connectivity index (χ2n) is 9.11. The number of carboxylic acid groups (broad SMARTS) is 1. The third-order valence-electron chi connectivity index (χ3n) is 5.63. The Kier molecular flexibility index (Phi) is 11.4. The predicted octanol–water partition coefficient (Wildman–Crippen LogP) is 2.91. The van der Waals surface area contributed by atoms with Crippen molar-refractivity contribution >= 4 is 43.4 Å². The summed E-state index contributed by atoms with van der Waals surface area (Å²) in [5.74, 6) is -3.86. The van der Waals surface area contributed by atoms with Gasteiger partial charge < -0.3 is 16.2 Å². The van der Waals surface area contributed by atoms with Gasteiger partial charge in [-0.05, 0) is 47.4 Å². The fourth-order valence-electron chi connectivity index (χ4n) is 3.85. The summed E-state index contributed by atoms with van der Waals surface area (Å²) in [6.45, 7) is 0. The van der Waals surface area contributed by atoms with E-state index in [4.69, 9.17) is 21.0 Å². The lowest BCUT2D eigenvalue weighted by molar-refractivity contribution is -0.192. The molecule has 3 aromatic carbocycles. The second kappa shape index (κ2) is 14.1. The van der Waals surface area contributed by atoms with Crippen molar-refractivity contribution in [3.8, 4) is 17.2 Å². The van der Waals surface area contributed by atoms with Crippen LogP contribution in [-0.4, -0.2) is 68.1 Å². The molecule has 234 valence electrons. The van der Waals surface area contributed by atoms with Gasteiger partial charge in [-0.25, -0.2) is 21.6 Å². The number of nitrogens with two attached hydrogens (primary N) is 1. The van der Waals surface area contributed by atoms with Crippen LogP contribution in [-0.2, 0) is 36.1 Å². The molecule has 0 unspecified atom stereocenters. The molecule has 1 amide bonds. The molecular formula is C27H26F3N5O7S2. The number of carboxylic acids is 1. The molecule has 0 bridgehead atoms. The molecule has 17 heteroatoms. The van der Waals surface area contributed by atoms with Crippen LogP contribution >= 0.6 is 0 Å². The van der Waals surface area contributed by atoms with Crippen molar-refractivity contribution in [2.75, 3.05) is 17.8 Å². The van der Waals surface area contributed by atoms with Crippen LogP contribution < -0.4 is 11.1 Å². The molecule has 12 nitrogen and oxygen atoms in total. The number of benzene rings is 3. The summed E-state index contributed by atoms with van der Waals surface area (Å²) < 4.78 is 81.9. The van der Waals surface area contributed by atoms with Crippen molar-refractivity contribution < 1.29 is 44.7 Å². The first-order valence-corrected chi connectivity index (χ1v) is 15.8. The normalized spacial score (nSPS) is 12.3. The van der Waals surface area contributed by atoms with Gasteiger partial charge in [0.05, 0.1) is 24.1 Å². The highest BCUT2D eigenvalue weighted by atomic mass is 32.3. The summed E-state index contributed by atoms with van der Waals surface area (Å²) in [6, 6.07) is 20.2. The van der Waals surface area contributed by atoms with E-state index in [1.807, 2.05) is 0 Å². The van der Waals surface area contributed by atoms with E-state index in [0.717, 1.165) is 5.56 Å². The van der Waals surface area contributed by atoms with E-state index in [0.29, 0.717) is 40.5 Å². The molecule has 0 radical (unpaired) electrons. The van der Waals surface area contributed by atoms with Crippen LogP contribution in [0, 0.1) is 16.7 Å². The number of alkyl halides is 3. The first kappa shape index (κ1) is 35.4. The molecule has 0 heterocycles. The zero-order valence-electron chi connectivity index (χ0n) is 23.0. The Morgan fingerprint density at radius 2 is 1.55 bits per heavy atom. The number of anilines is 1. The minimum atomic E-state index is -5.08. The molecule has 0 saturated heterocycles. The smallest absolute Gasteiger partial charge is 0.475 e. The Balaban J connectivity index is 0.000000860. The van der Waals surface area contributed by atoms with Crippen LogP contribution in [0.4, 0.5) is 18.9 Å². The lowest BCUT2D eigenvalue weighted by Gasteiger charge is -2.27. The number of nitriles is 1. The van der Waals surface area contributed by atoms with E-state index in [1.165, 1.54) is 6.07 Å². The fourth-order valence-corrected chi connectivity index (χ4v) is 7.08. The molecule has 0 spiro atoms. The van der Waals surface area contributed by atoms with Crippen LogP contribution in [0.3, 0.4) is 0 Å². The topological polar surface area (TPSA) is 212 Å². The van der Waals surface area contributed by atoms with Gasteiger partial charge in [0.25, 0.3) is 0 Å². The van der Waals surface area contributed by atoms with Crippen LogP contribution in [0.25, 0.3) is 11.1 Å². The van der Waals surface area contributed by atoms with E-state index in [1.54, 1.807) is 66.7 Å². The average molecular weight is 654 g/mol. The summed E-state index contributed by atoms with van der Waals surface area (Å²) in [5, 5.41) is 26.7. The second-order valence-corrected chi connectivity index (χ2v) is 13.1. The summed E-state index contributed by atoms with van der Waals surface area (Å²) in [4.78, 5) is 22.2. The highest BCUT2D eigenvalue weighted by Gasteiger charge is 2.40. The number of hydrogen-bond acceptors (Lipinski definition) is 8. The summed E-state index contributed by atoms with van der Waals surface area (Å²) >= 11 is 0. The summed E-state index contributed by atoms with van der Waals surface area (Å²) in [6.07, 6.45) is -3.95. The van der Waals surface area contributed by atoms with Gasteiger partial charge in [-0.1, -0.05) is 52.2 Å². The molecular weight excluding hydrogens is 627 g/mol. The maximum Gasteiger partial charge on any atom is 0.490 e. The Labute approximate surface area is 251 Å². The van der Waals surface area contributed by atoms with Crippen LogP contribution in [0.1, 0.15) is 16.7 Å². The number of hydrogen-bond donors (Lipinski definition) is 4. The maximum atomic E-state index is 13.3. The van der Waals surface area contributed by atoms with Crippen molar-refractivity contribution in [1.82, 2.24) is 3.71 Å². The number of nitrogens with zero attached hydrogens (tertiary/aromatic N) is 2. The maximum absolute atomic E-state index is 13.3. The van der Waals surface area contributed by atoms with Crippen molar-refractivity contribution in [2.24, 2.45) is 5.73 Å². The first-order chi connectivity index (χ1) is 20.3. The number of aliphatic carboxylic acids is 1. The van der Waals surface area contributed by atoms with Crippen molar-refractivity contribution in [1.29, 1.82) is 10.7 Å². The molecule has 3 rings (SSSR count). The van der Waals surface area contributed by atoms with E-state index in [-0.39, 0.29) is 16.0 Å². The molecule has 3 aromatic rings. The minimum Gasteiger partial charge on any atom is -0.475 e. The van der Waals surface area contributed by atoms with Gasteiger partial charge in [-0.2, -0.15) is 18.4 Å². The van der Waals surface area contributed by atoms with Gasteiger partial charge in [0.1, 0.15) is 11.9 Å². The number of halogens is 3.